The van der Waals surface area contributed by atoms with E-state index in [1.807, 2.05) is 32.0 Å². The van der Waals surface area contributed by atoms with Crippen LogP contribution in [0.25, 0.3) is 5.82 Å². The number of aromatic nitrogens is 5. The monoisotopic (exact) mass is 577 g/mol. The molecule has 1 aromatic carbocycles. The van der Waals surface area contributed by atoms with Gasteiger partial charge < -0.3 is 20.7 Å². The fraction of sp³-hybridized carbons (Fsp3) is 0.345. The predicted molar refractivity (Wildman–Crippen MR) is 156 cm³/mol. The second-order valence-electron chi connectivity index (χ2n) is 10.2. The topological polar surface area (TPSA) is 122 Å². The first-order valence-corrected chi connectivity index (χ1v) is 13.6. The molecule has 3 aromatic heterocycles. The van der Waals surface area contributed by atoms with Gasteiger partial charge in [0.15, 0.2) is 5.82 Å². The summed E-state index contributed by atoms with van der Waals surface area (Å²) in [5.74, 6) is -1.66. The summed E-state index contributed by atoms with van der Waals surface area (Å²) < 4.78 is 34.5. The first-order chi connectivity index (χ1) is 20.2. The lowest BCUT2D eigenvalue weighted by Crippen LogP contribution is -2.39. The molecule has 1 saturated heterocycles. The minimum atomic E-state index is -3.12. The highest BCUT2D eigenvalue weighted by Gasteiger charge is 2.26. The molecule has 1 fully saturated rings. The molecule has 1 aliphatic heterocycles. The highest BCUT2D eigenvalue weighted by Crippen LogP contribution is 2.28. The van der Waals surface area contributed by atoms with Crippen LogP contribution in [0.3, 0.4) is 0 Å². The lowest BCUT2D eigenvalue weighted by molar-refractivity contribution is 0.0128. The number of carbonyl (C=O) groups is 1. The summed E-state index contributed by atoms with van der Waals surface area (Å²) in [5.41, 5.74) is 2.50. The number of benzene rings is 1. The van der Waals surface area contributed by atoms with Crippen molar-refractivity contribution in [3.05, 3.63) is 77.5 Å². The second kappa shape index (κ2) is 12.6. The van der Waals surface area contributed by atoms with Crippen molar-refractivity contribution in [1.82, 2.24) is 29.6 Å². The smallest absolute Gasteiger partial charge is 0.287 e. The normalized spacial score (nSPS) is 14.0. The molecule has 0 aliphatic carbocycles. The van der Waals surface area contributed by atoms with Crippen LogP contribution in [0, 0.1) is 13.8 Å². The predicted octanol–water partition coefficient (Wildman–Crippen LogP) is 4.53. The third-order valence-electron chi connectivity index (χ3n) is 6.77. The zero-order valence-electron chi connectivity index (χ0n) is 23.7. The number of amides is 1. The lowest BCUT2D eigenvalue weighted by Gasteiger charge is -2.26. The fourth-order valence-corrected chi connectivity index (χ4v) is 4.48. The maximum Gasteiger partial charge on any atom is 0.287 e. The highest BCUT2D eigenvalue weighted by molar-refractivity contribution is 6.05. The van der Waals surface area contributed by atoms with Gasteiger partial charge in [0.25, 0.3) is 11.8 Å². The zero-order chi connectivity index (χ0) is 29.7. The summed E-state index contributed by atoms with van der Waals surface area (Å²) >= 11 is 0. The van der Waals surface area contributed by atoms with Gasteiger partial charge in [-0.05, 0) is 43.7 Å². The molecule has 1 amide bonds. The number of nitrogens with one attached hydrogen (secondary N) is 3. The number of hydrogen-bond acceptors (Lipinski definition) is 9. The molecule has 0 saturated carbocycles. The van der Waals surface area contributed by atoms with Crippen LogP contribution in [0.15, 0.2) is 55.0 Å². The summed E-state index contributed by atoms with van der Waals surface area (Å²) in [6.07, 6.45) is 2.73. The van der Waals surface area contributed by atoms with E-state index in [2.05, 4.69) is 40.9 Å². The zero-order valence-corrected chi connectivity index (χ0v) is 23.7. The summed E-state index contributed by atoms with van der Waals surface area (Å²) in [5, 5.41) is 14.0. The molecular formula is C29H33F2N9O2. The Morgan fingerprint density at radius 1 is 1.05 bits per heavy atom. The minimum Gasteiger partial charge on any atom is -0.379 e. The van der Waals surface area contributed by atoms with Crippen LogP contribution in [-0.4, -0.2) is 74.9 Å². The average molecular weight is 578 g/mol. The van der Waals surface area contributed by atoms with Gasteiger partial charge in [0.2, 0.25) is 0 Å². The van der Waals surface area contributed by atoms with Gasteiger partial charge in [-0.3, -0.25) is 14.7 Å². The lowest BCUT2D eigenvalue weighted by atomic mass is 10.1. The average Bonchev–Trinajstić information content (AvgIpc) is 3.34. The highest BCUT2D eigenvalue weighted by atomic mass is 19.3. The van der Waals surface area contributed by atoms with E-state index < -0.39 is 17.5 Å². The van der Waals surface area contributed by atoms with Gasteiger partial charge in [-0.2, -0.15) is 18.6 Å². The Labute approximate surface area is 242 Å². The molecule has 5 rings (SSSR count). The summed E-state index contributed by atoms with van der Waals surface area (Å²) in [7, 11) is 0. The minimum absolute atomic E-state index is 0.230. The van der Waals surface area contributed by atoms with Gasteiger partial charge in [-0.25, -0.2) is 9.97 Å². The third-order valence-corrected chi connectivity index (χ3v) is 6.77. The number of morpholine rings is 1. The number of anilines is 4. The van der Waals surface area contributed by atoms with Gasteiger partial charge >= 0.3 is 0 Å². The van der Waals surface area contributed by atoms with Crippen LogP contribution in [0.1, 0.15) is 34.2 Å². The number of nitrogens with zero attached hydrogens (tertiary/aromatic N) is 6. The standard InChI is InChI=1S/C29H33F2N9O2/c1-19-4-5-21(28(41)36-22-6-7-32-24(16-22)29(3,30)31)15-23(19)37-27-14-20(2)38-40(27)26-17-25(34-18-35-26)33-8-9-39-10-12-42-13-11-39/h4-7,14-18,37H,8-13H2,1-3H3,(H,32,36,41)(H,33,34,35). The SMILES string of the molecule is Cc1cc(Nc2cc(C(=O)Nc3ccnc(C(C)(F)F)c3)ccc2C)n(-c2cc(NCCN3CCOCC3)ncn2)n1. The molecule has 1 aliphatic rings. The van der Waals surface area contributed by atoms with E-state index in [1.54, 1.807) is 16.8 Å². The van der Waals surface area contributed by atoms with Crippen LogP contribution in [0.5, 0.6) is 0 Å². The van der Waals surface area contributed by atoms with Gasteiger partial charge in [0.05, 0.1) is 18.9 Å². The molecule has 0 atom stereocenters. The van der Waals surface area contributed by atoms with E-state index >= 15 is 0 Å². The molecule has 0 unspecified atom stereocenters. The Morgan fingerprint density at radius 2 is 1.86 bits per heavy atom. The number of aryl methyl sites for hydroxylation is 2. The maximum absolute atomic E-state index is 13.7. The fourth-order valence-electron chi connectivity index (χ4n) is 4.48. The van der Waals surface area contributed by atoms with E-state index in [4.69, 9.17) is 4.74 Å². The molecule has 42 heavy (non-hydrogen) atoms. The Bertz CT molecular complexity index is 1550. The van der Waals surface area contributed by atoms with E-state index in [0.717, 1.165) is 57.6 Å². The number of alkyl halides is 2. The van der Waals surface area contributed by atoms with Gasteiger partial charge in [0, 0.05) is 68.4 Å². The number of carbonyl (C=O) groups excluding carboxylic acids is 1. The molecule has 0 radical (unpaired) electrons. The molecule has 3 N–H and O–H groups in total. The Kier molecular flexibility index (Phi) is 8.69. The van der Waals surface area contributed by atoms with Crippen molar-refractivity contribution in [1.29, 1.82) is 0 Å². The number of hydrogen-bond donors (Lipinski definition) is 3. The largest absolute Gasteiger partial charge is 0.379 e. The molecule has 0 spiro atoms. The van der Waals surface area contributed by atoms with E-state index in [-0.39, 0.29) is 5.69 Å². The molecule has 13 heteroatoms. The molecule has 4 aromatic rings. The van der Waals surface area contributed by atoms with Crippen LogP contribution >= 0.6 is 0 Å². The third kappa shape index (κ3) is 7.22. The number of rotatable bonds is 10. The quantitative estimate of drug-likeness (QED) is 0.250. The Balaban J connectivity index is 1.30. The van der Waals surface area contributed by atoms with Gasteiger partial charge in [-0.1, -0.05) is 6.07 Å². The van der Waals surface area contributed by atoms with Crippen molar-refractivity contribution >= 4 is 28.9 Å². The van der Waals surface area contributed by atoms with Crippen molar-refractivity contribution in [3.63, 3.8) is 0 Å². The van der Waals surface area contributed by atoms with E-state index in [0.29, 0.717) is 28.7 Å². The van der Waals surface area contributed by atoms with E-state index in [1.165, 1.54) is 24.7 Å². The van der Waals surface area contributed by atoms with Crippen molar-refractivity contribution in [2.75, 3.05) is 55.3 Å². The second-order valence-corrected chi connectivity index (χ2v) is 10.2. The van der Waals surface area contributed by atoms with Gasteiger partial charge in [0.1, 0.15) is 23.7 Å². The Morgan fingerprint density at radius 3 is 2.64 bits per heavy atom. The molecule has 4 heterocycles. The van der Waals surface area contributed by atoms with Crippen LogP contribution < -0.4 is 16.0 Å². The Hall–Kier alpha value is -4.49. The van der Waals surface area contributed by atoms with Crippen molar-refractivity contribution in [2.24, 2.45) is 0 Å². The van der Waals surface area contributed by atoms with Crippen molar-refractivity contribution in [3.8, 4) is 5.82 Å². The number of halogens is 2. The molecule has 220 valence electrons. The number of pyridine rings is 1. The van der Waals surface area contributed by atoms with Crippen LogP contribution in [-0.2, 0) is 10.7 Å². The first kappa shape index (κ1) is 29.0. The van der Waals surface area contributed by atoms with Crippen LogP contribution in [0.2, 0.25) is 0 Å². The van der Waals surface area contributed by atoms with Crippen LogP contribution in [0.4, 0.5) is 31.8 Å². The molecule has 0 bridgehead atoms. The van der Waals surface area contributed by atoms with Crippen molar-refractivity contribution in [2.45, 2.75) is 26.7 Å². The van der Waals surface area contributed by atoms with E-state index in [9.17, 15) is 13.6 Å². The summed E-state index contributed by atoms with van der Waals surface area (Å²) in [6, 6.07) is 11.5. The summed E-state index contributed by atoms with van der Waals surface area (Å²) in [6.45, 7) is 9.52. The van der Waals surface area contributed by atoms with Gasteiger partial charge in [-0.15, -0.1) is 0 Å². The molecule has 11 nitrogen and oxygen atoms in total. The van der Waals surface area contributed by atoms with Crippen molar-refractivity contribution < 1.29 is 18.3 Å². The molecular weight excluding hydrogens is 544 g/mol. The number of ether oxygens (including phenoxy) is 1. The first-order valence-electron chi connectivity index (χ1n) is 13.6. The summed E-state index contributed by atoms with van der Waals surface area (Å²) in [4.78, 5) is 27.8. The maximum atomic E-state index is 13.7.